The van der Waals surface area contributed by atoms with Crippen molar-refractivity contribution in [3.8, 4) is 23.0 Å². The third-order valence-corrected chi connectivity index (χ3v) is 12.8. The van der Waals surface area contributed by atoms with Gasteiger partial charge in [-0.3, -0.25) is 0 Å². The maximum atomic E-state index is 9.85. The second kappa shape index (κ2) is 14.1. The Morgan fingerprint density at radius 3 is 0.774 bits per heavy atom. The fourth-order valence-corrected chi connectivity index (χ4v) is 10.3. The third-order valence-electron chi connectivity index (χ3n) is 8.29. The van der Waals surface area contributed by atoms with Gasteiger partial charge in [-0.05, 0) is 72.8 Å². The van der Waals surface area contributed by atoms with Gasteiger partial charge in [0, 0.05) is 22.1 Å². The summed E-state index contributed by atoms with van der Waals surface area (Å²) < 4.78 is 3.86. The van der Waals surface area contributed by atoms with Gasteiger partial charge in [-0.25, -0.2) is 9.97 Å². The molecule has 8 bridgehead atoms. The zero-order valence-electron chi connectivity index (χ0n) is 28.2. The van der Waals surface area contributed by atoms with Crippen LogP contribution in [0.15, 0.2) is 146 Å². The Labute approximate surface area is 307 Å². The molecule has 53 heavy (non-hydrogen) atoms. The van der Waals surface area contributed by atoms with Crippen LogP contribution in [0.4, 0.5) is 0 Å². The van der Waals surface area contributed by atoms with Crippen molar-refractivity contribution in [3.63, 3.8) is 0 Å². The van der Waals surface area contributed by atoms with Crippen LogP contribution in [-0.2, 0) is 12.8 Å². The van der Waals surface area contributed by atoms with Gasteiger partial charge in [0.2, 0.25) is 0 Å². The molecule has 265 valence electrons. The number of phenols is 4. The summed E-state index contributed by atoms with van der Waals surface area (Å²) >= 11 is -1.95. The number of benzene rings is 4. The number of fused-ring (bicyclic) bond motifs is 8. The van der Waals surface area contributed by atoms with Crippen LogP contribution in [-0.4, -0.2) is 40.4 Å². The average Bonchev–Trinajstić information content (AvgIpc) is 3.99. The number of aromatic hydroxyl groups is 4. The summed E-state index contributed by atoms with van der Waals surface area (Å²) in [5, 5.41) is 39.4. The summed E-state index contributed by atoms with van der Waals surface area (Å²) in [5.41, 5.74) is 7.86. The van der Waals surface area contributed by atoms with Crippen LogP contribution in [0, 0.1) is 0 Å². The van der Waals surface area contributed by atoms with Gasteiger partial charge >= 0.3 is 171 Å². The van der Waals surface area contributed by atoms with E-state index in [0.29, 0.717) is 0 Å². The number of nitrogens with one attached hydrogen (secondary N) is 2. The molecule has 8 nitrogen and oxygen atoms in total. The van der Waals surface area contributed by atoms with E-state index in [9.17, 15) is 20.4 Å². The van der Waals surface area contributed by atoms with Crippen molar-refractivity contribution in [1.29, 1.82) is 0 Å². The molecule has 0 aliphatic carbocycles. The molecule has 9 heteroatoms. The molecule has 4 aromatic carbocycles. The Hall–Kier alpha value is -6.80. The molecule has 3 aromatic heterocycles. The number of hydrogen-bond donors (Lipinski definition) is 6. The first kappa shape index (κ1) is 33.3. The molecule has 0 saturated heterocycles. The van der Waals surface area contributed by atoms with E-state index in [1.165, 1.54) is 0 Å². The van der Waals surface area contributed by atoms with Crippen molar-refractivity contribution in [1.82, 2.24) is 19.9 Å². The SMILES string of the molecule is C1=Cc2cc3ccc(cc4nc(cc5ccc(cc1n2)[nH]5)C=C4)[nH]3.Oc1cc[c]([Cu]([c]2ccc(O)cc2)([c]2ccc(O)cc2)[c]2ccc(O)cc2)cc1. The third kappa shape index (κ3) is 7.07. The Morgan fingerprint density at radius 1 is 0.321 bits per heavy atom. The summed E-state index contributed by atoms with van der Waals surface area (Å²) in [4.78, 5) is 16.0. The predicted molar refractivity (Wildman–Crippen MR) is 210 cm³/mol. The summed E-state index contributed by atoms with van der Waals surface area (Å²) in [6.45, 7) is 0. The molecule has 0 atom stereocenters. The van der Waals surface area contributed by atoms with Crippen LogP contribution < -0.4 is 17.8 Å². The normalized spacial score (nSPS) is 12.2. The van der Waals surface area contributed by atoms with Crippen LogP contribution in [0.1, 0.15) is 22.8 Å². The standard InChI is InChI=1S/C20H14N4.4C6H5O.Cu/c1-2-14-10-16-5-6-18(23-16)12-20-8-7-19(24-20)11-17-4-3-15(22-17)9-13(1)21-14;4*7-6-4-2-1-3-5-6;/h1-12,21,24H;4*2-5,7H;. The van der Waals surface area contributed by atoms with Crippen molar-refractivity contribution in [2.24, 2.45) is 0 Å². The van der Waals surface area contributed by atoms with Crippen molar-refractivity contribution in [3.05, 3.63) is 168 Å². The molecule has 2 aliphatic heterocycles. The topological polar surface area (TPSA) is 138 Å². The van der Waals surface area contributed by atoms with E-state index in [1.54, 1.807) is 48.5 Å². The van der Waals surface area contributed by atoms with E-state index in [4.69, 9.17) is 0 Å². The van der Waals surface area contributed by atoms with Gasteiger partial charge in [0.05, 0.1) is 22.8 Å². The molecule has 2 aliphatic rings. The molecule has 0 spiro atoms. The van der Waals surface area contributed by atoms with Crippen LogP contribution in [0.2, 0.25) is 0 Å². The molecule has 0 fully saturated rings. The quantitative estimate of drug-likeness (QED) is 0.108. The first-order valence-corrected chi connectivity index (χ1v) is 18.5. The summed E-state index contributed by atoms with van der Waals surface area (Å²) in [7, 11) is 0. The molecule has 0 amide bonds. The Balaban J connectivity index is 0.000000153. The molecule has 7 aromatic rings. The predicted octanol–water partition coefficient (Wildman–Crippen LogP) is 6.92. The first-order valence-electron chi connectivity index (χ1n) is 16.6. The second-order valence-corrected chi connectivity index (χ2v) is 15.7. The van der Waals surface area contributed by atoms with Crippen molar-refractivity contribution in [2.75, 3.05) is 0 Å². The second-order valence-electron chi connectivity index (χ2n) is 12.1. The van der Waals surface area contributed by atoms with E-state index in [0.717, 1.165) is 62.7 Å². The van der Waals surface area contributed by atoms with Gasteiger partial charge in [0.25, 0.3) is 0 Å². The number of H-pyrrole nitrogens is 2. The summed E-state index contributed by atoms with van der Waals surface area (Å²) in [5.74, 6) is 0.679. The molecule has 5 heterocycles. The maximum absolute atomic E-state index is 9.85. The molecule has 6 N–H and O–H groups in total. The van der Waals surface area contributed by atoms with Gasteiger partial charge in [-0.15, -0.1) is 0 Å². The minimum absolute atomic E-state index is 0.170. The van der Waals surface area contributed by atoms with E-state index < -0.39 is 12.8 Å². The fourth-order valence-electron chi connectivity index (χ4n) is 5.86. The van der Waals surface area contributed by atoms with Crippen molar-refractivity contribution in [2.45, 2.75) is 0 Å². The van der Waals surface area contributed by atoms with Gasteiger partial charge in [0.1, 0.15) is 0 Å². The van der Waals surface area contributed by atoms with E-state index in [-0.39, 0.29) is 23.0 Å². The number of aromatic nitrogens is 4. The summed E-state index contributed by atoms with van der Waals surface area (Å²) in [6.07, 6.45) is 8.09. The Bertz CT molecular complexity index is 2280. The molecule has 0 unspecified atom stereocenters. The molecule has 9 rings (SSSR count). The van der Waals surface area contributed by atoms with Crippen molar-refractivity contribution < 1.29 is 33.3 Å². The number of hydrogen-bond acceptors (Lipinski definition) is 6. The van der Waals surface area contributed by atoms with E-state index >= 15 is 0 Å². The zero-order valence-corrected chi connectivity index (χ0v) is 29.1. The fraction of sp³-hybridized carbons (Fsp3) is 0. The Kier molecular flexibility index (Phi) is 8.86. The molecule has 0 saturated carbocycles. The Morgan fingerprint density at radius 2 is 0.547 bits per heavy atom. The van der Waals surface area contributed by atoms with E-state index in [2.05, 4.69) is 44.2 Å². The molecular formula is C44H34CuN4O4. The number of phenolic OH excluding ortho intramolecular Hbond substituents is 4. The number of rotatable bonds is 4. The van der Waals surface area contributed by atoms with Crippen LogP contribution in [0.3, 0.4) is 0 Å². The van der Waals surface area contributed by atoms with E-state index in [1.807, 2.05) is 97.1 Å². The number of aromatic amines is 2. The van der Waals surface area contributed by atoms with Crippen molar-refractivity contribution >= 4 is 64.2 Å². The zero-order chi connectivity index (χ0) is 36.4. The van der Waals surface area contributed by atoms with Gasteiger partial charge < -0.3 is 9.97 Å². The minimum atomic E-state index is -1.95. The van der Waals surface area contributed by atoms with Crippen LogP contribution in [0.5, 0.6) is 23.0 Å². The summed E-state index contributed by atoms with van der Waals surface area (Å²) in [6, 6.07) is 44.6. The first-order chi connectivity index (χ1) is 25.8. The van der Waals surface area contributed by atoms with Crippen LogP contribution >= 0.6 is 0 Å². The van der Waals surface area contributed by atoms with Gasteiger partial charge in [-0.1, -0.05) is 0 Å². The molecular weight excluding hydrogens is 712 g/mol. The monoisotopic (exact) mass is 745 g/mol. The van der Waals surface area contributed by atoms with Gasteiger partial charge in [-0.2, -0.15) is 0 Å². The van der Waals surface area contributed by atoms with Gasteiger partial charge in [0.15, 0.2) is 0 Å². The average molecular weight is 746 g/mol. The number of nitrogens with zero attached hydrogens (tertiary/aromatic N) is 2. The molecule has 0 radical (unpaired) electrons. The van der Waals surface area contributed by atoms with Crippen LogP contribution in [0.25, 0.3) is 46.4 Å².